The molecule has 0 radical (unpaired) electrons. The normalized spacial score (nSPS) is 17.7. The van der Waals surface area contributed by atoms with E-state index in [1.165, 1.54) is 0 Å². The van der Waals surface area contributed by atoms with Gasteiger partial charge in [0, 0.05) is 23.8 Å². The van der Waals surface area contributed by atoms with E-state index in [-0.39, 0.29) is 23.9 Å². The zero-order valence-electron chi connectivity index (χ0n) is 18.1. The zero-order valence-corrected chi connectivity index (χ0v) is 18.1. The molecule has 0 aromatic heterocycles. The van der Waals surface area contributed by atoms with Crippen LogP contribution in [0.4, 0.5) is 11.4 Å². The van der Waals surface area contributed by atoms with Crippen molar-refractivity contribution >= 4 is 23.2 Å². The van der Waals surface area contributed by atoms with Crippen molar-refractivity contribution in [2.45, 2.75) is 45.2 Å². The van der Waals surface area contributed by atoms with Gasteiger partial charge >= 0.3 is 0 Å². The molecule has 1 aliphatic rings. The maximum absolute atomic E-state index is 13.3. The van der Waals surface area contributed by atoms with Crippen molar-refractivity contribution in [1.29, 1.82) is 0 Å². The molecule has 0 unspecified atom stereocenters. The third kappa shape index (κ3) is 4.24. The van der Waals surface area contributed by atoms with Crippen LogP contribution in [0.3, 0.4) is 0 Å². The largest absolute Gasteiger partial charge is 0.309 e. The first-order valence-corrected chi connectivity index (χ1v) is 10.9. The lowest BCUT2D eigenvalue weighted by Gasteiger charge is -2.43. The number of hydrogen-bond acceptors (Lipinski definition) is 2. The molecular formula is C27H28N2O2. The highest BCUT2D eigenvalue weighted by Crippen LogP contribution is 2.42. The van der Waals surface area contributed by atoms with Gasteiger partial charge in [0.05, 0.1) is 12.5 Å². The van der Waals surface area contributed by atoms with Gasteiger partial charge in [-0.15, -0.1) is 0 Å². The SMILES string of the molecule is CCC(=O)N(c1ccccc1)[C@H]1C[C@@H](C)N(C(=O)Cc2ccccc2)c2ccccc21. The Bertz CT molecular complexity index is 1050. The molecule has 0 saturated carbocycles. The van der Waals surface area contributed by atoms with Crippen molar-refractivity contribution in [3.8, 4) is 0 Å². The molecule has 0 fully saturated rings. The van der Waals surface area contributed by atoms with Crippen molar-refractivity contribution in [2.75, 3.05) is 9.80 Å². The molecule has 4 rings (SSSR count). The maximum Gasteiger partial charge on any atom is 0.231 e. The Hall–Kier alpha value is -3.40. The molecule has 0 aliphatic carbocycles. The fraction of sp³-hybridized carbons (Fsp3) is 0.259. The van der Waals surface area contributed by atoms with Crippen molar-refractivity contribution in [3.05, 3.63) is 96.1 Å². The summed E-state index contributed by atoms with van der Waals surface area (Å²) in [4.78, 5) is 30.2. The summed E-state index contributed by atoms with van der Waals surface area (Å²) in [5.74, 6) is 0.167. The quantitative estimate of drug-likeness (QED) is 0.552. The van der Waals surface area contributed by atoms with Gasteiger partial charge < -0.3 is 9.80 Å². The molecular weight excluding hydrogens is 384 g/mol. The van der Waals surface area contributed by atoms with Crippen LogP contribution in [0.25, 0.3) is 0 Å². The van der Waals surface area contributed by atoms with Gasteiger partial charge in [0.15, 0.2) is 0 Å². The van der Waals surface area contributed by atoms with E-state index in [1.54, 1.807) is 0 Å². The second-order valence-electron chi connectivity index (χ2n) is 8.04. The summed E-state index contributed by atoms with van der Waals surface area (Å²) >= 11 is 0. The number of anilines is 2. The molecule has 2 amide bonds. The van der Waals surface area contributed by atoms with Crippen LogP contribution in [-0.2, 0) is 16.0 Å². The van der Waals surface area contributed by atoms with Crippen LogP contribution >= 0.6 is 0 Å². The van der Waals surface area contributed by atoms with Crippen LogP contribution in [0.1, 0.15) is 43.9 Å². The molecule has 31 heavy (non-hydrogen) atoms. The first-order chi connectivity index (χ1) is 15.1. The van der Waals surface area contributed by atoms with Crippen molar-refractivity contribution in [2.24, 2.45) is 0 Å². The molecule has 4 heteroatoms. The summed E-state index contributed by atoms with van der Waals surface area (Å²) < 4.78 is 0. The molecule has 3 aromatic carbocycles. The first-order valence-electron chi connectivity index (χ1n) is 10.9. The Morgan fingerprint density at radius 1 is 0.903 bits per heavy atom. The summed E-state index contributed by atoms with van der Waals surface area (Å²) in [5, 5.41) is 0. The second kappa shape index (κ2) is 9.17. The topological polar surface area (TPSA) is 40.6 Å². The van der Waals surface area contributed by atoms with E-state index in [2.05, 4.69) is 6.92 Å². The van der Waals surface area contributed by atoms with Gasteiger partial charge in [-0.3, -0.25) is 9.59 Å². The molecule has 0 saturated heterocycles. The minimum Gasteiger partial charge on any atom is -0.309 e. The average Bonchev–Trinajstić information content (AvgIpc) is 2.80. The maximum atomic E-state index is 13.3. The van der Waals surface area contributed by atoms with E-state index in [1.807, 2.05) is 102 Å². The number of carbonyl (C=O) groups is 2. The Labute approximate surface area is 184 Å². The van der Waals surface area contributed by atoms with Gasteiger partial charge in [-0.25, -0.2) is 0 Å². The highest BCUT2D eigenvalue weighted by Gasteiger charge is 2.38. The van der Waals surface area contributed by atoms with Crippen LogP contribution < -0.4 is 9.80 Å². The number of carbonyl (C=O) groups excluding carboxylic acids is 2. The Morgan fingerprint density at radius 2 is 1.52 bits per heavy atom. The summed E-state index contributed by atoms with van der Waals surface area (Å²) in [6.07, 6.45) is 1.48. The van der Waals surface area contributed by atoms with Gasteiger partial charge in [0.1, 0.15) is 0 Å². The zero-order chi connectivity index (χ0) is 21.8. The van der Waals surface area contributed by atoms with E-state index in [9.17, 15) is 9.59 Å². The van der Waals surface area contributed by atoms with Crippen LogP contribution in [0.2, 0.25) is 0 Å². The van der Waals surface area contributed by atoms with Gasteiger partial charge in [-0.05, 0) is 42.7 Å². The van der Waals surface area contributed by atoms with Gasteiger partial charge in [0.25, 0.3) is 0 Å². The molecule has 0 bridgehead atoms. The predicted octanol–water partition coefficient (Wildman–Crippen LogP) is 5.54. The number of benzene rings is 3. The summed E-state index contributed by atoms with van der Waals surface area (Å²) in [5.41, 5.74) is 3.82. The number of para-hydroxylation sites is 2. The van der Waals surface area contributed by atoms with E-state index in [0.717, 1.165) is 22.5 Å². The molecule has 1 aliphatic heterocycles. The van der Waals surface area contributed by atoms with E-state index in [4.69, 9.17) is 0 Å². The smallest absolute Gasteiger partial charge is 0.231 e. The number of nitrogens with zero attached hydrogens (tertiary/aromatic N) is 2. The van der Waals surface area contributed by atoms with Crippen LogP contribution in [0, 0.1) is 0 Å². The molecule has 3 aromatic rings. The lowest BCUT2D eigenvalue weighted by Crippen LogP contribution is -2.48. The summed E-state index contributed by atoms with van der Waals surface area (Å²) in [6, 6.07) is 27.5. The Balaban J connectivity index is 1.72. The lowest BCUT2D eigenvalue weighted by atomic mass is 9.89. The van der Waals surface area contributed by atoms with Gasteiger partial charge in [0.2, 0.25) is 11.8 Å². The number of rotatable bonds is 5. The molecule has 158 valence electrons. The van der Waals surface area contributed by atoms with Gasteiger partial charge in [-0.1, -0.05) is 73.7 Å². The van der Waals surface area contributed by atoms with Crippen molar-refractivity contribution in [1.82, 2.24) is 0 Å². The monoisotopic (exact) mass is 412 g/mol. The summed E-state index contributed by atoms with van der Waals surface area (Å²) in [7, 11) is 0. The summed E-state index contributed by atoms with van der Waals surface area (Å²) in [6.45, 7) is 3.97. The van der Waals surface area contributed by atoms with E-state index >= 15 is 0 Å². The standard InChI is InChI=1S/C27H28N2O2/c1-3-26(30)29(22-14-8-5-9-15-22)25-18-20(2)28(24-17-11-10-16-23(24)25)27(31)19-21-12-6-4-7-13-21/h4-17,20,25H,3,18-19H2,1-2H3/t20-,25+/m1/s1. The molecule has 0 spiro atoms. The fourth-order valence-corrected chi connectivity index (χ4v) is 4.52. The number of hydrogen-bond donors (Lipinski definition) is 0. The molecule has 0 N–H and O–H groups in total. The van der Waals surface area contributed by atoms with Crippen molar-refractivity contribution in [3.63, 3.8) is 0 Å². The molecule has 1 heterocycles. The van der Waals surface area contributed by atoms with Gasteiger partial charge in [-0.2, -0.15) is 0 Å². The van der Waals surface area contributed by atoms with E-state index in [0.29, 0.717) is 19.3 Å². The lowest BCUT2D eigenvalue weighted by molar-refractivity contribution is -0.118. The second-order valence-corrected chi connectivity index (χ2v) is 8.04. The number of fused-ring (bicyclic) bond motifs is 1. The van der Waals surface area contributed by atoms with Crippen LogP contribution in [0.15, 0.2) is 84.9 Å². The molecule has 4 nitrogen and oxygen atoms in total. The predicted molar refractivity (Wildman–Crippen MR) is 125 cm³/mol. The van der Waals surface area contributed by atoms with E-state index < -0.39 is 0 Å². The average molecular weight is 413 g/mol. The highest BCUT2D eigenvalue weighted by atomic mass is 16.2. The highest BCUT2D eigenvalue weighted by molar-refractivity contribution is 5.98. The third-order valence-electron chi connectivity index (χ3n) is 5.94. The Kier molecular flexibility index (Phi) is 6.17. The van der Waals surface area contributed by atoms with Crippen LogP contribution in [-0.4, -0.2) is 17.9 Å². The Morgan fingerprint density at radius 3 is 2.19 bits per heavy atom. The minimum absolute atomic E-state index is 0.0213. The first kappa shape index (κ1) is 20.9. The van der Waals surface area contributed by atoms with Crippen LogP contribution in [0.5, 0.6) is 0 Å². The molecule has 2 atom stereocenters. The van der Waals surface area contributed by atoms with Crippen molar-refractivity contribution < 1.29 is 9.59 Å². The number of amides is 2. The third-order valence-corrected chi connectivity index (χ3v) is 5.94. The fourth-order valence-electron chi connectivity index (χ4n) is 4.52. The minimum atomic E-state index is -0.109.